The average Bonchev–Trinajstić information content (AvgIpc) is 2.63. The first kappa shape index (κ1) is 15.3. The molecule has 0 radical (unpaired) electrons. The van der Waals surface area contributed by atoms with E-state index in [1.165, 1.54) is 24.8 Å². The summed E-state index contributed by atoms with van der Waals surface area (Å²) in [6, 6.07) is 6.71. The SMILES string of the molecule is CCN1CCCCC(CN)C1c1ccc(Cl)c(Br)c1. The van der Waals surface area contributed by atoms with Gasteiger partial charge in [-0.1, -0.05) is 31.0 Å². The minimum atomic E-state index is 0.422. The van der Waals surface area contributed by atoms with Gasteiger partial charge in [0.05, 0.1) is 5.02 Å². The Morgan fingerprint density at radius 3 is 2.84 bits per heavy atom. The molecule has 1 aromatic carbocycles. The summed E-state index contributed by atoms with van der Waals surface area (Å²) in [5, 5.41) is 0.768. The summed E-state index contributed by atoms with van der Waals surface area (Å²) in [5.74, 6) is 0.538. The first-order chi connectivity index (χ1) is 9.17. The lowest BCUT2D eigenvalue weighted by Crippen LogP contribution is -2.35. The van der Waals surface area contributed by atoms with Crippen LogP contribution in [0.2, 0.25) is 5.02 Å². The monoisotopic (exact) mass is 344 g/mol. The number of halogens is 2. The van der Waals surface area contributed by atoms with E-state index in [1.807, 2.05) is 6.07 Å². The van der Waals surface area contributed by atoms with Crippen LogP contribution in [-0.4, -0.2) is 24.5 Å². The second-order valence-corrected chi connectivity index (χ2v) is 6.50. The third kappa shape index (κ3) is 3.52. The number of nitrogens with zero attached hydrogens (tertiary/aromatic N) is 1. The van der Waals surface area contributed by atoms with Crippen molar-refractivity contribution in [3.8, 4) is 0 Å². The normalized spacial score (nSPS) is 25.3. The predicted octanol–water partition coefficient (Wildman–Crippen LogP) is 4.22. The molecule has 0 amide bonds. The first-order valence-electron chi connectivity index (χ1n) is 7.06. The summed E-state index contributed by atoms with van der Waals surface area (Å²) in [4.78, 5) is 2.56. The Balaban J connectivity index is 2.36. The quantitative estimate of drug-likeness (QED) is 0.888. The Hall–Kier alpha value is -0.0900. The van der Waals surface area contributed by atoms with Crippen molar-refractivity contribution in [2.24, 2.45) is 11.7 Å². The van der Waals surface area contributed by atoms with E-state index in [4.69, 9.17) is 17.3 Å². The highest BCUT2D eigenvalue weighted by Gasteiger charge is 2.29. The van der Waals surface area contributed by atoms with E-state index in [1.54, 1.807) is 0 Å². The molecule has 2 nitrogen and oxygen atoms in total. The van der Waals surface area contributed by atoms with Crippen molar-refractivity contribution in [2.75, 3.05) is 19.6 Å². The molecule has 1 saturated heterocycles. The molecule has 1 aromatic rings. The summed E-state index contributed by atoms with van der Waals surface area (Å²) in [6.07, 6.45) is 3.77. The maximum absolute atomic E-state index is 6.11. The third-order valence-electron chi connectivity index (χ3n) is 4.10. The maximum Gasteiger partial charge on any atom is 0.0548 e. The fourth-order valence-corrected chi connectivity index (χ4v) is 3.61. The van der Waals surface area contributed by atoms with Gasteiger partial charge in [-0.2, -0.15) is 0 Å². The number of benzene rings is 1. The molecule has 19 heavy (non-hydrogen) atoms. The molecule has 0 saturated carbocycles. The summed E-state index contributed by atoms with van der Waals surface area (Å²) < 4.78 is 0.975. The average molecular weight is 346 g/mol. The minimum absolute atomic E-state index is 0.422. The second-order valence-electron chi connectivity index (χ2n) is 5.24. The van der Waals surface area contributed by atoms with Crippen LogP contribution in [0.1, 0.15) is 37.8 Å². The Morgan fingerprint density at radius 2 is 2.21 bits per heavy atom. The summed E-state index contributed by atoms with van der Waals surface area (Å²) >= 11 is 9.64. The molecule has 106 valence electrons. The lowest BCUT2D eigenvalue weighted by molar-refractivity contribution is 0.166. The topological polar surface area (TPSA) is 29.3 Å². The molecule has 0 spiro atoms. The smallest absolute Gasteiger partial charge is 0.0548 e. The van der Waals surface area contributed by atoms with Crippen LogP contribution >= 0.6 is 27.5 Å². The van der Waals surface area contributed by atoms with Gasteiger partial charge >= 0.3 is 0 Å². The van der Waals surface area contributed by atoms with Crippen LogP contribution in [0.4, 0.5) is 0 Å². The molecule has 0 aliphatic carbocycles. The van der Waals surface area contributed by atoms with Gasteiger partial charge in [-0.05, 0) is 72.0 Å². The first-order valence-corrected chi connectivity index (χ1v) is 8.23. The Labute approximate surface area is 129 Å². The molecule has 1 heterocycles. The van der Waals surface area contributed by atoms with E-state index in [-0.39, 0.29) is 0 Å². The molecule has 2 atom stereocenters. The van der Waals surface area contributed by atoms with Crippen molar-refractivity contribution < 1.29 is 0 Å². The molecule has 1 aliphatic rings. The molecular weight excluding hydrogens is 324 g/mol. The van der Waals surface area contributed by atoms with Crippen LogP contribution in [0.15, 0.2) is 22.7 Å². The van der Waals surface area contributed by atoms with E-state index in [0.29, 0.717) is 12.0 Å². The van der Waals surface area contributed by atoms with Gasteiger partial charge in [0.25, 0.3) is 0 Å². The Morgan fingerprint density at radius 1 is 1.42 bits per heavy atom. The van der Waals surface area contributed by atoms with E-state index < -0.39 is 0 Å². The Bertz CT molecular complexity index is 411. The number of nitrogens with two attached hydrogens (primary N) is 1. The van der Waals surface area contributed by atoms with Gasteiger partial charge in [0, 0.05) is 10.5 Å². The van der Waals surface area contributed by atoms with Crippen LogP contribution in [0, 0.1) is 5.92 Å². The van der Waals surface area contributed by atoms with Gasteiger partial charge in [-0.15, -0.1) is 0 Å². The van der Waals surface area contributed by atoms with Gasteiger partial charge in [-0.3, -0.25) is 4.90 Å². The van der Waals surface area contributed by atoms with Crippen molar-refractivity contribution in [3.63, 3.8) is 0 Å². The third-order valence-corrected chi connectivity index (χ3v) is 5.32. The van der Waals surface area contributed by atoms with Crippen LogP contribution in [0.25, 0.3) is 0 Å². The number of rotatable bonds is 3. The van der Waals surface area contributed by atoms with Gasteiger partial charge in [-0.25, -0.2) is 0 Å². The summed E-state index contributed by atoms with van der Waals surface area (Å²) in [5.41, 5.74) is 7.35. The van der Waals surface area contributed by atoms with Crippen molar-refractivity contribution in [1.82, 2.24) is 4.90 Å². The van der Waals surface area contributed by atoms with E-state index >= 15 is 0 Å². The zero-order chi connectivity index (χ0) is 13.8. The molecule has 2 unspecified atom stereocenters. The zero-order valence-corrected chi connectivity index (χ0v) is 13.8. The predicted molar refractivity (Wildman–Crippen MR) is 85.5 cm³/mol. The highest BCUT2D eigenvalue weighted by Crippen LogP contribution is 2.36. The summed E-state index contributed by atoms with van der Waals surface area (Å²) in [7, 11) is 0. The van der Waals surface area contributed by atoms with Crippen LogP contribution in [0.3, 0.4) is 0 Å². The zero-order valence-electron chi connectivity index (χ0n) is 11.4. The van der Waals surface area contributed by atoms with Gasteiger partial charge in [0.1, 0.15) is 0 Å². The second kappa shape index (κ2) is 7.07. The van der Waals surface area contributed by atoms with Gasteiger partial charge < -0.3 is 5.73 Å². The van der Waals surface area contributed by atoms with Crippen molar-refractivity contribution >= 4 is 27.5 Å². The van der Waals surface area contributed by atoms with Crippen molar-refractivity contribution in [1.29, 1.82) is 0 Å². The fourth-order valence-electron chi connectivity index (χ4n) is 3.10. The van der Waals surface area contributed by atoms with Crippen LogP contribution < -0.4 is 5.73 Å². The molecule has 0 bridgehead atoms. The number of hydrogen-bond donors (Lipinski definition) is 1. The largest absolute Gasteiger partial charge is 0.330 e. The van der Waals surface area contributed by atoms with Gasteiger partial charge in [0.2, 0.25) is 0 Å². The minimum Gasteiger partial charge on any atom is -0.330 e. The molecule has 2 N–H and O–H groups in total. The van der Waals surface area contributed by atoms with Crippen LogP contribution in [-0.2, 0) is 0 Å². The lowest BCUT2D eigenvalue weighted by atomic mass is 9.89. The molecule has 4 heteroatoms. The number of likely N-dealkylation sites (tertiary alicyclic amines) is 1. The maximum atomic E-state index is 6.11. The molecular formula is C15H22BrClN2. The van der Waals surface area contributed by atoms with E-state index in [0.717, 1.165) is 29.1 Å². The Kier molecular flexibility index (Phi) is 5.70. The standard InChI is InChI=1S/C15H22BrClN2/c1-2-19-8-4-3-5-12(10-18)15(19)11-6-7-14(17)13(16)9-11/h6-7,9,12,15H,2-5,8,10,18H2,1H3. The molecule has 0 aromatic heterocycles. The lowest BCUT2D eigenvalue weighted by Gasteiger charge is -2.34. The molecule has 1 aliphatic heterocycles. The fraction of sp³-hybridized carbons (Fsp3) is 0.600. The summed E-state index contributed by atoms with van der Waals surface area (Å²) in [6.45, 7) is 5.22. The van der Waals surface area contributed by atoms with Crippen molar-refractivity contribution in [2.45, 2.75) is 32.2 Å². The molecule has 1 fully saturated rings. The highest BCUT2D eigenvalue weighted by molar-refractivity contribution is 9.10. The van der Waals surface area contributed by atoms with Crippen LogP contribution in [0.5, 0.6) is 0 Å². The van der Waals surface area contributed by atoms with E-state index in [9.17, 15) is 0 Å². The van der Waals surface area contributed by atoms with Crippen molar-refractivity contribution in [3.05, 3.63) is 33.3 Å². The number of hydrogen-bond acceptors (Lipinski definition) is 2. The molecule has 2 rings (SSSR count). The van der Waals surface area contributed by atoms with E-state index in [2.05, 4.69) is 39.9 Å². The van der Waals surface area contributed by atoms with Gasteiger partial charge in [0.15, 0.2) is 0 Å². The highest BCUT2D eigenvalue weighted by atomic mass is 79.9.